The van der Waals surface area contributed by atoms with Gasteiger partial charge in [0.15, 0.2) is 5.65 Å². The molecule has 9 nitrogen and oxygen atoms in total. The van der Waals surface area contributed by atoms with Crippen LogP contribution >= 0.6 is 0 Å². The average Bonchev–Trinajstić information content (AvgIpc) is 3.36. The molecule has 1 N–H and O–H groups in total. The van der Waals surface area contributed by atoms with Crippen LogP contribution < -0.4 is 5.32 Å². The van der Waals surface area contributed by atoms with E-state index in [0.717, 1.165) is 16.8 Å². The van der Waals surface area contributed by atoms with E-state index in [2.05, 4.69) is 39.3 Å². The summed E-state index contributed by atoms with van der Waals surface area (Å²) in [7, 11) is 0. The number of rotatable bonds is 5. The van der Waals surface area contributed by atoms with Gasteiger partial charge >= 0.3 is 11.6 Å². The number of halogens is 1. The number of anilines is 1. The van der Waals surface area contributed by atoms with Crippen LogP contribution in [0.4, 0.5) is 10.3 Å². The molecule has 30 heavy (non-hydrogen) atoms. The number of hydrogen-bond acceptors (Lipinski definition) is 7. The standard InChI is InChI=1S/C19H20FN7.O2S/c1-12(2)15-11-23-27-18(15)24-13(3)25-19(27)21-10-14-6-4-7-16(20)17(14)26-9-5-8-22-26;1-3-2/h4-9,11-12H,10H2,1-3H3,(H,21,24,25);. The number of nitrogens with zero attached hydrogens (tertiary/aromatic N) is 6. The Hall–Kier alpha value is -3.47. The number of para-hydroxylation sites is 1. The van der Waals surface area contributed by atoms with Crippen molar-refractivity contribution in [1.82, 2.24) is 29.4 Å². The normalized spacial score (nSPS) is 10.7. The Morgan fingerprint density at radius 3 is 2.60 bits per heavy atom. The van der Waals surface area contributed by atoms with Crippen LogP contribution in [0.2, 0.25) is 0 Å². The van der Waals surface area contributed by atoms with Crippen molar-refractivity contribution in [3.8, 4) is 5.69 Å². The molecule has 4 rings (SSSR count). The van der Waals surface area contributed by atoms with Crippen molar-refractivity contribution < 1.29 is 12.8 Å². The summed E-state index contributed by atoms with van der Waals surface area (Å²) in [5, 5.41) is 11.8. The Balaban J connectivity index is 0.000000806. The van der Waals surface area contributed by atoms with Gasteiger partial charge < -0.3 is 5.32 Å². The Bertz CT molecular complexity index is 1190. The van der Waals surface area contributed by atoms with Crippen molar-refractivity contribution in [1.29, 1.82) is 0 Å². The van der Waals surface area contributed by atoms with Gasteiger partial charge in [-0.05, 0) is 30.5 Å². The minimum Gasteiger partial charge on any atom is -0.350 e. The van der Waals surface area contributed by atoms with E-state index in [0.29, 0.717) is 29.9 Å². The van der Waals surface area contributed by atoms with Crippen LogP contribution in [0.15, 0.2) is 42.9 Å². The highest BCUT2D eigenvalue weighted by molar-refractivity contribution is 7.51. The molecule has 0 fully saturated rings. The van der Waals surface area contributed by atoms with Crippen LogP contribution in [-0.2, 0) is 18.1 Å². The van der Waals surface area contributed by atoms with Gasteiger partial charge in [0.2, 0.25) is 5.95 Å². The van der Waals surface area contributed by atoms with Crippen LogP contribution in [0, 0.1) is 12.7 Å². The number of fused-ring (bicyclic) bond motifs is 1. The largest absolute Gasteiger partial charge is 0.350 e. The van der Waals surface area contributed by atoms with Gasteiger partial charge in [0.25, 0.3) is 0 Å². The molecular weight excluding hydrogens is 409 g/mol. The lowest BCUT2D eigenvalue weighted by Gasteiger charge is -2.13. The summed E-state index contributed by atoms with van der Waals surface area (Å²) >= 11 is -0.750. The predicted octanol–water partition coefficient (Wildman–Crippen LogP) is 2.82. The van der Waals surface area contributed by atoms with E-state index in [4.69, 9.17) is 8.42 Å². The fraction of sp³-hybridized carbons (Fsp3) is 0.263. The summed E-state index contributed by atoms with van der Waals surface area (Å²) in [5.74, 6) is 1.20. The molecule has 4 aromatic rings. The van der Waals surface area contributed by atoms with E-state index in [1.54, 1.807) is 29.0 Å². The maximum absolute atomic E-state index is 14.4. The molecule has 11 heteroatoms. The van der Waals surface area contributed by atoms with E-state index in [1.807, 2.05) is 19.2 Å². The lowest BCUT2D eigenvalue weighted by molar-refractivity contribution is 0.607. The molecule has 0 atom stereocenters. The predicted molar refractivity (Wildman–Crippen MR) is 109 cm³/mol. The number of hydrogen-bond donors (Lipinski definition) is 1. The third kappa shape index (κ3) is 4.40. The zero-order valence-corrected chi connectivity index (χ0v) is 17.4. The Morgan fingerprint density at radius 2 is 1.93 bits per heavy atom. The summed E-state index contributed by atoms with van der Waals surface area (Å²) < 4.78 is 34.2. The SMILES string of the molecule is Cc1nc(NCc2cccc(F)c2-n2cccn2)n2ncc(C(C)C)c2n1.O=S=O. The van der Waals surface area contributed by atoms with Gasteiger partial charge in [-0.15, -0.1) is 0 Å². The second kappa shape index (κ2) is 9.35. The lowest BCUT2D eigenvalue weighted by atomic mass is 10.1. The van der Waals surface area contributed by atoms with Gasteiger partial charge in [0, 0.05) is 24.5 Å². The summed E-state index contributed by atoms with van der Waals surface area (Å²) in [6, 6.07) is 6.74. The third-order valence-electron chi connectivity index (χ3n) is 4.37. The maximum atomic E-state index is 14.4. The first-order valence-corrected chi connectivity index (χ1v) is 9.78. The van der Waals surface area contributed by atoms with Crippen molar-refractivity contribution in [3.63, 3.8) is 0 Å². The van der Waals surface area contributed by atoms with Crippen molar-refractivity contribution in [3.05, 3.63) is 65.6 Å². The first-order valence-electron chi connectivity index (χ1n) is 9.11. The molecule has 0 radical (unpaired) electrons. The molecule has 0 saturated heterocycles. The molecule has 1 aromatic carbocycles. The van der Waals surface area contributed by atoms with E-state index in [-0.39, 0.29) is 5.82 Å². The van der Waals surface area contributed by atoms with Crippen molar-refractivity contribution in [2.75, 3.05) is 5.32 Å². The number of aryl methyl sites for hydroxylation is 1. The van der Waals surface area contributed by atoms with Crippen LogP contribution in [0.1, 0.15) is 36.7 Å². The highest BCUT2D eigenvalue weighted by atomic mass is 32.1. The molecule has 0 spiro atoms. The Kier molecular flexibility index (Phi) is 6.62. The van der Waals surface area contributed by atoms with Crippen molar-refractivity contribution >= 4 is 23.2 Å². The summed E-state index contributed by atoms with van der Waals surface area (Å²) in [5.41, 5.74) is 3.03. The first kappa shape index (κ1) is 21.2. The fourth-order valence-electron chi connectivity index (χ4n) is 3.06. The smallest absolute Gasteiger partial charge is 0.335 e. The third-order valence-corrected chi connectivity index (χ3v) is 4.37. The molecule has 0 bridgehead atoms. The summed E-state index contributed by atoms with van der Waals surface area (Å²) in [4.78, 5) is 8.99. The van der Waals surface area contributed by atoms with Gasteiger partial charge in [-0.1, -0.05) is 26.0 Å². The maximum Gasteiger partial charge on any atom is 0.335 e. The molecule has 0 aliphatic heterocycles. The van der Waals surface area contributed by atoms with E-state index in [1.165, 1.54) is 10.7 Å². The number of aromatic nitrogens is 6. The van der Waals surface area contributed by atoms with Crippen LogP contribution in [0.5, 0.6) is 0 Å². The zero-order chi connectivity index (χ0) is 21.7. The zero-order valence-electron chi connectivity index (χ0n) is 16.6. The second-order valence-electron chi connectivity index (χ2n) is 6.70. The molecule has 0 aliphatic carbocycles. The molecule has 3 heterocycles. The molecule has 0 saturated carbocycles. The van der Waals surface area contributed by atoms with E-state index >= 15 is 0 Å². The monoisotopic (exact) mass is 429 g/mol. The van der Waals surface area contributed by atoms with E-state index in [9.17, 15) is 4.39 Å². The Labute approximate surface area is 175 Å². The fourth-order valence-corrected chi connectivity index (χ4v) is 3.06. The Morgan fingerprint density at radius 1 is 1.17 bits per heavy atom. The minimum atomic E-state index is -0.750. The molecule has 0 aliphatic rings. The quantitative estimate of drug-likeness (QED) is 0.520. The molecular formula is C19H20FN7O2S. The van der Waals surface area contributed by atoms with Gasteiger partial charge in [0.1, 0.15) is 17.3 Å². The number of benzene rings is 1. The minimum absolute atomic E-state index is 0.305. The average molecular weight is 429 g/mol. The van der Waals surface area contributed by atoms with Gasteiger partial charge in [-0.25, -0.2) is 14.1 Å². The topological polar surface area (TPSA) is 107 Å². The first-order chi connectivity index (χ1) is 14.5. The van der Waals surface area contributed by atoms with Gasteiger partial charge in [0.05, 0.1) is 6.20 Å². The van der Waals surface area contributed by atoms with Gasteiger partial charge in [-0.3, -0.25) is 0 Å². The summed E-state index contributed by atoms with van der Waals surface area (Å²) in [6.07, 6.45) is 5.16. The molecule has 3 aromatic heterocycles. The highest BCUT2D eigenvalue weighted by Crippen LogP contribution is 2.22. The molecule has 156 valence electrons. The van der Waals surface area contributed by atoms with E-state index < -0.39 is 11.6 Å². The van der Waals surface area contributed by atoms with Crippen LogP contribution in [-0.4, -0.2) is 37.8 Å². The highest BCUT2D eigenvalue weighted by Gasteiger charge is 2.15. The van der Waals surface area contributed by atoms with Crippen molar-refractivity contribution in [2.24, 2.45) is 0 Å². The van der Waals surface area contributed by atoms with Crippen LogP contribution in [0.3, 0.4) is 0 Å². The molecule has 0 amide bonds. The van der Waals surface area contributed by atoms with Crippen molar-refractivity contribution in [2.45, 2.75) is 33.2 Å². The number of nitrogens with one attached hydrogen (secondary N) is 1. The summed E-state index contributed by atoms with van der Waals surface area (Å²) in [6.45, 7) is 6.42. The van der Waals surface area contributed by atoms with Crippen LogP contribution in [0.25, 0.3) is 11.3 Å². The molecule has 0 unspecified atom stereocenters. The lowest BCUT2D eigenvalue weighted by Crippen LogP contribution is -2.12. The van der Waals surface area contributed by atoms with Gasteiger partial charge in [-0.2, -0.15) is 28.1 Å². The second-order valence-corrected chi connectivity index (χ2v) is 6.84.